The molecule has 106 valence electrons. The van der Waals surface area contributed by atoms with Gasteiger partial charge in [-0.2, -0.15) is 18.3 Å². The molecule has 0 fully saturated rings. The first kappa shape index (κ1) is 14.7. The molecule has 1 N–H and O–H groups in total. The van der Waals surface area contributed by atoms with Crippen LogP contribution < -0.4 is 0 Å². The van der Waals surface area contributed by atoms with Gasteiger partial charge in [-0.1, -0.05) is 23.2 Å². The minimum absolute atomic E-state index is 0.0321. The van der Waals surface area contributed by atoms with Gasteiger partial charge in [0.15, 0.2) is 5.69 Å². The molecule has 2 rings (SSSR count). The van der Waals surface area contributed by atoms with Gasteiger partial charge in [-0.15, -0.1) is 0 Å². The molecule has 0 bridgehead atoms. The van der Waals surface area contributed by atoms with Crippen LogP contribution in [0.5, 0.6) is 0 Å². The van der Waals surface area contributed by atoms with Crippen LogP contribution in [0, 0.1) is 0 Å². The number of halogens is 5. The Balaban J connectivity index is 2.68. The van der Waals surface area contributed by atoms with Crippen molar-refractivity contribution in [2.24, 2.45) is 0 Å². The lowest BCUT2D eigenvalue weighted by molar-refractivity contribution is -0.143. The number of hydrogen-bond acceptors (Lipinski definition) is 2. The summed E-state index contributed by atoms with van der Waals surface area (Å²) in [4.78, 5) is 10.8. The molecule has 0 saturated heterocycles. The largest absolute Gasteiger partial charge is 0.478 e. The molecule has 0 amide bonds. The average molecular weight is 325 g/mol. The highest BCUT2D eigenvalue weighted by Crippen LogP contribution is 2.34. The van der Waals surface area contributed by atoms with Gasteiger partial charge in [-0.3, -0.25) is 0 Å². The first-order chi connectivity index (χ1) is 9.21. The van der Waals surface area contributed by atoms with Crippen molar-refractivity contribution in [3.63, 3.8) is 0 Å². The maximum absolute atomic E-state index is 13.0. The Morgan fingerprint density at radius 1 is 1.25 bits per heavy atom. The zero-order chi connectivity index (χ0) is 15.1. The summed E-state index contributed by atoms with van der Waals surface area (Å²) in [5.41, 5.74) is -2.37. The van der Waals surface area contributed by atoms with Crippen LogP contribution in [0.3, 0.4) is 0 Å². The molecule has 0 unspecified atom stereocenters. The van der Waals surface area contributed by atoms with E-state index in [-0.39, 0.29) is 15.7 Å². The predicted molar refractivity (Wildman–Crippen MR) is 65.5 cm³/mol. The van der Waals surface area contributed by atoms with Crippen LogP contribution in [0.2, 0.25) is 10.0 Å². The topological polar surface area (TPSA) is 55.1 Å². The number of rotatable bonds is 2. The van der Waals surface area contributed by atoms with Crippen LogP contribution in [-0.2, 0) is 6.18 Å². The average Bonchev–Trinajstić information content (AvgIpc) is 2.77. The van der Waals surface area contributed by atoms with Gasteiger partial charge in [0, 0.05) is 0 Å². The van der Waals surface area contributed by atoms with Crippen molar-refractivity contribution in [3.05, 3.63) is 45.7 Å². The zero-order valence-electron chi connectivity index (χ0n) is 9.45. The number of nitrogens with zero attached hydrogens (tertiary/aromatic N) is 2. The smallest absolute Gasteiger partial charge is 0.434 e. The van der Waals surface area contributed by atoms with Gasteiger partial charge in [0.25, 0.3) is 0 Å². The minimum atomic E-state index is -4.88. The van der Waals surface area contributed by atoms with Gasteiger partial charge in [0.1, 0.15) is 5.56 Å². The molecule has 1 heterocycles. The fourth-order valence-corrected chi connectivity index (χ4v) is 1.88. The van der Waals surface area contributed by atoms with E-state index in [1.165, 1.54) is 12.1 Å². The molecule has 0 aliphatic rings. The molecule has 0 spiro atoms. The second-order valence-electron chi connectivity index (χ2n) is 3.72. The third-order valence-corrected chi connectivity index (χ3v) is 3.15. The predicted octanol–water partition coefficient (Wildman–Crippen LogP) is 3.90. The zero-order valence-corrected chi connectivity index (χ0v) is 11.0. The van der Waals surface area contributed by atoms with E-state index in [2.05, 4.69) is 5.10 Å². The SMILES string of the molecule is O=C(O)c1cnn(-c2ccc(Cl)c(Cl)c2)c1C(F)(F)F. The minimum Gasteiger partial charge on any atom is -0.478 e. The van der Waals surface area contributed by atoms with Crippen LogP contribution in [0.4, 0.5) is 13.2 Å². The van der Waals surface area contributed by atoms with Crippen LogP contribution in [0.15, 0.2) is 24.4 Å². The summed E-state index contributed by atoms with van der Waals surface area (Å²) in [7, 11) is 0. The lowest BCUT2D eigenvalue weighted by Crippen LogP contribution is -2.17. The highest BCUT2D eigenvalue weighted by atomic mass is 35.5. The molecular formula is C11H5Cl2F3N2O2. The Morgan fingerprint density at radius 3 is 2.40 bits per heavy atom. The van der Waals surface area contributed by atoms with Gasteiger partial charge in [0.05, 0.1) is 21.9 Å². The van der Waals surface area contributed by atoms with Crippen LogP contribution >= 0.6 is 23.2 Å². The first-order valence-electron chi connectivity index (χ1n) is 5.05. The molecule has 0 aliphatic carbocycles. The normalized spacial score (nSPS) is 11.7. The van der Waals surface area contributed by atoms with E-state index >= 15 is 0 Å². The number of alkyl halides is 3. The van der Waals surface area contributed by atoms with Crippen molar-refractivity contribution in [1.29, 1.82) is 0 Å². The highest BCUT2D eigenvalue weighted by Gasteiger charge is 2.40. The summed E-state index contributed by atoms with van der Waals surface area (Å²) in [6.45, 7) is 0. The molecule has 1 aromatic carbocycles. The fourth-order valence-electron chi connectivity index (χ4n) is 1.59. The van der Waals surface area contributed by atoms with Gasteiger partial charge < -0.3 is 5.11 Å². The quantitative estimate of drug-likeness (QED) is 0.911. The number of benzene rings is 1. The Morgan fingerprint density at radius 2 is 1.90 bits per heavy atom. The standard InChI is InChI=1S/C11H5Cl2F3N2O2/c12-7-2-1-5(3-8(7)13)18-9(11(14,15)16)6(4-17-18)10(19)20/h1-4H,(H,19,20). The maximum Gasteiger partial charge on any atom is 0.434 e. The Kier molecular flexibility index (Phi) is 3.66. The molecule has 4 nitrogen and oxygen atoms in total. The van der Waals surface area contributed by atoms with Crippen molar-refractivity contribution in [1.82, 2.24) is 9.78 Å². The third kappa shape index (κ3) is 2.59. The summed E-state index contributed by atoms with van der Waals surface area (Å²) < 4.78 is 39.4. The van der Waals surface area contributed by atoms with Gasteiger partial charge >= 0.3 is 12.1 Å². The Labute approximate surface area is 120 Å². The maximum atomic E-state index is 13.0. The second-order valence-corrected chi connectivity index (χ2v) is 4.53. The lowest BCUT2D eigenvalue weighted by atomic mass is 10.2. The highest BCUT2D eigenvalue weighted by molar-refractivity contribution is 6.42. The molecule has 1 aromatic heterocycles. The van der Waals surface area contributed by atoms with E-state index in [0.29, 0.717) is 10.9 Å². The van der Waals surface area contributed by atoms with E-state index in [1.54, 1.807) is 0 Å². The fraction of sp³-hybridized carbons (Fsp3) is 0.0909. The molecule has 20 heavy (non-hydrogen) atoms. The Bertz CT molecular complexity index is 683. The number of aromatic nitrogens is 2. The molecular weight excluding hydrogens is 320 g/mol. The van der Waals surface area contributed by atoms with Crippen LogP contribution in [0.1, 0.15) is 16.1 Å². The second kappa shape index (κ2) is 4.99. The third-order valence-electron chi connectivity index (χ3n) is 2.42. The van der Waals surface area contributed by atoms with E-state index in [0.717, 1.165) is 6.07 Å². The van der Waals surface area contributed by atoms with Crippen molar-refractivity contribution in [2.45, 2.75) is 6.18 Å². The number of carboxylic acid groups (broad SMARTS) is 1. The van der Waals surface area contributed by atoms with E-state index < -0.39 is 23.4 Å². The number of carboxylic acids is 1. The summed E-state index contributed by atoms with van der Waals surface area (Å²) >= 11 is 11.4. The van der Waals surface area contributed by atoms with Gasteiger partial charge in [-0.25, -0.2) is 9.48 Å². The summed E-state index contributed by atoms with van der Waals surface area (Å²) in [6.07, 6.45) is -4.25. The number of hydrogen-bond donors (Lipinski definition) is 1. The summed E-state index contributed by atoms with van der Waals surface area (Å²) in [5.74, 6) is -1.72. The Hall–Kier alpha value is -1.73. The first-order valence-corrected chi connectivity index (χ1v) is 5.81. The molecule has 9 heteroatoms. The van der Waals surface area contributed by atoms with E-state index in [1.807, 2.05) is 0 Å². The molecule has 0 saturated carbocycles. The molecule has 0 radical (unpaired) electrons. The van der Waals surface area contributed by atoms with Crippen LogP contribution in [-0.4, -0.2) is 20.9 Å². The monoisotopic (exact) mass is 324 g/mol. The van der Waals surface area contributed by atoms with Crippen molar-refractivity contribution in [3.8, 4) is 5.69 Å². The van der Waals surface area contributed by atoms with Crippen molar-refractivity contribution < 1.29 is 23.1 Å². The summed E-state index contributed by atoms with van der Waals surface area (Å²) in [6, 6.07) is 3.71. The lowest BCUT2D eigenvalue weighted by Gasteiger charge is -2.12. The molecule has 0 atom stereocenters. The molecule has 2 aromatic rings. The number of aromatic carboxylic acids is 1. The number of carbonyl (C=O) groups is 1. The summed E-state index contributed by atoms with van der Waals surface area (Å²) in [5, 5.41) is 12.4. The van der Waals surface area contributed by atoms with E-state index in [4.69, 9.17) is 28.3 Å². The van der Waals surface area contributed by atoms with Crippen molar-refractivity contribution in [2.75, 3.05) is 0 Å². The van der Waals surface area contributed by atoms with Crippen LogP contribution in [0.25, 0.3) is 5.69 Å². The molecule has 0 aliphatic heterocycles. The van der Waals surface area contributed by atoms with Gasteiger partial charge in [-0.05, 0) is 18.2 Å². The van der Waals surface area contributed by atoms with Gasteiger partial charge in [0.2, 0.25) is 0 Å². The van der Waals surface area contributed by atoms with Crippen molar-refractivity contribution >= 4 is 29.2 Å². The van der Waals surface area contributed by atoms with E-state index in [9.17, 15) is 18.0 Å².